The number of benzene rings is 3. The fraction of sp³-hybridized carbons (Fsp3) is 0.154. The van der Waals surface area contributed by atoms with Crippen molar-refractivity contribution in [3.05, 3.63) is 93.5 Å². The van der Waals surface area contributed by atoms with Gasteiger partial charge in [-0.3, -0.25) is 4.79 Å². The van der Waals surface area contributed by atoms with Gasteiger partial charge in [0.05, 0.1) is 28.9 Å². The Morgan fingerprint density at radius 1 is 1.15 bits per heavy atom. The molecule has 1 aliphatic rings. The summed E-state index contributed by atoms with van der Waals surface area (Å²) in [5.74, 6) is -0.103. The molecule has 34 heavy (non-hydrogen) atoms. The summed E-state index contributed by atoms with van der Waals surface area (Å²) in [7, 11) is 1.57. The van der Waals surface area contributed by atoms with E-state index in [2.05, 4.69) is 21.4 Å². The van der Waals surface area contributed by atoms with Crippen LogP contribution in [0, 0.1) is 0 Å². The lowest BCUT2D eigenvalue weighted by Gasteiger charge is -2.16. The molecule has 0 unspecified atom stereocenters. The van der Waals surface area contributed by atoms with Crippen LogP contribution in [0.5, 0.6) is 11.5 Å². The molecule has 2 N–H and O–H groups in total. The first-order valence-corrected chi connectivity index (χ1v) is 11.4. The number of halogens is 1. The molecule has 0 saturated carbocycles. The van der Waals surface area contributed by atoms with E-state index < -0.39 is 5.97 Å². The zero-order chi connectivity index (χ0) is 24.2. The highest BCUT2D eigenvalue weighted by Gasteiger charge is 2.33. The Kier molecular flexibility index (Phi) is 7.00. The number of carbonyl (C=O) groups excluding carboxylic acids is 1. The van der Waals surface area contributed by atoms with Crippen molar-refractivity contribution in [3.8, 4) is 11.5 Å². The van der Waals surface area contributed by atoms with Crippen molar-refractivity contribution in [2.75, 3.05) is 12.1 Å². The Morgan fingerprint density at radius 2 is 1.85 bits per heavy atom. The van der Waals surface area contributed by atoms with Gasteiger partial charge in [0.1, 0.15) is 6.61 Å². The Bertz CT molecular complexity index is 1240. The molecule has 1 fully saturated rings. The monoisotopic (exact) mass is 522 g/mol. The highest BCUT2D eigenvalue weighted by molar-refractivity contribution is 9.10. The number of anilines is 1. The topological polar surface area (TPSA) is 88.1 Å². The van der Waals surface area contributed by atoms with E-state index in [0.29, 0.717) is 33.8 Å². The second-order valence-electron chi connectivity index (χ2n) is 7.75. The number of amides is 1. The van der Waals surface area contributed by atoms with E-state index in [1.54, 1.807) is 25.3 Å². The van der Waals surface area contributed by atoms with Crippen LogP contribution < -0.4 is 19.9 Å². The molecule has 7 nitrogen and oxygen atoms in total. The summed E-state index contributed by atoms with van der Waals surface area (Å²) < 4.78 is 12.3. The number of rotatable bonds is 7. The minimum Gasteiger partial charge on any atom is -0.493 e. The number of aromatic carboxylic acids is 1. The van der Waals surface area contributed by atoms with Gasteiger partial charge in [0.25, 0.3) is 5.91 Å². The Morgan fingerprint density at radius 3 is 2.50 bits per heavy atom. The average Bonchev–Trinajstić information content (AvgIpc) is 3.12. The van der Waals surface area contributed by atoms with Gasteiger partial charge < -0.3 is 14.6 Å². The summed E-state index contributed by atoms with van der Waals surface area (Å²) in [6.45, 7) is 2.28. The zero-order valence-electron chi connectivity index (χ0n) is 18.6. The third-order valence-electron chi connectivity index (χ3n) is 5.41. The Balaban J connectivity index is 1.57. The van der Waals surface area contributed by atoms with E-state index in [1.165, 1.54) is 17.1 Å². The number of hydrazine groups is 1. The molecule has 0 bridgehead atoms. The molecule has 4 rings (SSSR count). The maximum Gasteiger partial charge on any atom is 0.335 e. The van der Waals surface area contributed by atoms with Crippen LogP contribution in [0.2, 0.25) is 0 Å². The van der Waals surface area contributed by atoms with Crippen molar-refractivity contribution >= 4 is 39.6 Å². The standard InChI is InChI=1S/C26H23BrN2O5/c1-16-21(25(30)29(28-16)20-10-8-19(9-11-20)26(31)32)12-18-13-22(27)24(23(14-18)33-2)34-15-17-6-4-3-5-7-17/h3-14,16,28H,15H2,1-2H3,(H,31,32)/b21-12+/t16-/m1/s1. The van der Waals surface area contributed by atoms with Crippen molar-refractivity contribution in [1.82, 2.24) is 5.43 Å². The molecule has 3 aromatic carbocycles. The minimum absolute atomic E-state index is 0.158. The molecule has 3 aromatic rings. The fourth-order valence-electron chi connectivity index (χ4n) is 3.64. The van der Waals surface area contributed by atoms with Gasteiger partial charge in [-0.05, 0) is 76.5 Å². The molecule has 174 valence electrons. The van der Waals surface area contributed by atoms with E-state index in [1.807, 2.05) is 49.4 Å². The van der Waals surface area contributed by atoms with Crippen LogP contribution in [-0.2, 0) is 11.4 Å². The highest BCUT2D eigenvalue weighted by Crippen LogP contribution is 2.38. The molecule has 0 radical (unpaired) electrons. The number of methoxy groups -OCH3 is 1. The van der Waals surface area contributed by atoms with Gasteiger partial charge in [-0.25, -0.2) is 15.2 Å². The number of carbonyl (C=O) groups is 2. The maximum absolute atomic E-state index is 13.1. The maximum atomic E-state index is 13.1. The van der Waals surface area contributed by atoms with E-state index in [4.69, 9.17) is 14.6 Å². The molecular weight excluding hydrogens is 500 g/mol. The fourth-order valence-corrected chi connectivity index (χ4v) is 4.21. The van der Waals surface area contributed by atoms with Crippen LogP contribution in [0.1, 0.15) is 28.4 Å². The van der Waals surface area contributed by atoms with Crippen LogP contribution in [0.15, 0.2) is 76.8 Å². The van der Waals surface area contributed by atoms with E-state index >= 15 is 0 Å². The van der Waals surface area contributed by atoms with Crippen molar-refractivity contribution < 1.29 is 24.2 Å². The summed E-state index contributed by atoms with van der Waals surface area (Å²) >= 11 is 3.57. The molecule has 1 amide bonds. The van der Waals surface area contributed by atoms with Crippen LogP contribution in [0.4, 0.5) is 5.69 Å². The van der Waals surface area contributed by atoms with Crippen molar-refractivity contribution in [2.45, 2.75) is 19.6 Å². The molecule has 0 aliphatic carbocycles. The average molecular weight is 523 g/mol. The molecule has 8 heteroatoms. The van der Waals surface area contributed by atoms with E-state index in [-0.39, 0.29) is 17.5 Å². The lowest BCUT2D eigenvalue weighted by atomic mass is 10.1. The number of ether oxygens (including phenoxy) is 2. The number of hydrogen-bond acceptors (Lipinski definition) is 5. The molecule has 0 aromatic heterocycles. The molecule has 1 saturated heterocycles. The molecule has 1 atom stereocenters. The molecule has 1 heterocycles. The van der Waals surface area contributed by atoms with Crippen molar-refractivity contribution in [3.63, 3.8) is 0 Å². The number of carboxylic acids is 1. The van der Waals surface area contributed by atoms with Gasteiger partial charge in [0, 0.05) is 5.57 Å². The minimum atomic E-state index is -1.02. The smallest absolute Gasteiger partial charge is 0.335 e. The van der Waals surface area contributed by atoms with Crippen molar-refractivity contribution in [1.29, 1.82) is 0 Å². The number of carboxylic acid groups (broad SMARTS) is 1. The SMILES string of the molecule is COc1cc(/C=C2/C(=O)N(c3ccc(C(=O)O)cc3)N[C@@H]2C)cc(Br)c1OCc1ccccc1. The van der Waals surface area contributed by atoms with E-state index in [9.17, 15) is 9.59 Å². The molecule has 1 aliphatic heterocycles. The largest absolute Gasteiger partial charge is 0.493 e. The Labute approximate surface area is 205 Å². The van der Waals surface area contributed by atoms with Gasteiger partial charge in [-0.15, -0.1) is 0 Å². The Hall–Kier alpha value is -3.62. The van der Waals surface area contributed by atoms with Gasteiger partial charge in [-0.2, -0.15) is 0 Å². The normalized spacial score (nSPS) is 16.7. The van der Waals surface area contributed by atoms with Crippen LogP contribution in [-0.4, -0.2) is 30.1 Å². The van der Waals surface area contributed by atoms with Crippen molar-refractivity contribution in [2.24, 2.45) is 0 Å². The first kappa shape index (κ1) is 23.5. The van der Waals surface area contributed by atoms with Crippen LogP contribution in [0.25, 0.3) is 6.08 Å². The van der Waals surface area contributed by atoms with E-state index in [0.717, 1.165) is 11.1 Å². The van der Waals surface area contributed by atoms with Crippen LogP contribution >= 0.6 is 15.9 Å². The zero-order valence-corrected chi connectivity index (χ0v) is 20.2. The number of nitrogens with one attached hydrogen (secondary N) is 1. The van der Waals surface area contributed by atoms with Gasteiger partial charge in [-0.1, -0.05) is 30.3 Å². The highest BCUT2D eigenvalue weighted by atomic mass is 79.9. The predicted octanol–water partition coefficient (Wildman–Crippen LogP) is 5.06. The quantitative estimate of drug-likeness (QED) is 0.421. The van der Waals surface area contributed by atoms with Gasteiger partial charge in [0.15, 0.2) is 11.5 Å². The first-order valence-electron chi connectivity index (χ1n) is 10.6. The van der Waals surface area contributed by atoms with Gasteiger partial charge in [0.2, 0.25) is 0 Å². The second kappa shape index (κ2) is 10.1. The van der Waals surface area contributed by atoms with Crippen LogP contribution in [0.3, 0.4) is 0 Å². The lowest BCUT2D eigenvalue weighted by molar-refractivity contribution is -0.114. The summed E-state index contributed by atoms with van der Waals surface area (Å²) in [5.41, 5.74) is 6.23. The molecule has 0 spiro atoms. The lowest BCUT2D eigenvalue weighted by Crippen LogP contribution is -2.36. The summed E-state index contributed by atoms with van der Waals surface area (Å²) in [5, 5.41) is 10.5. The third kappa shape index (κ3) is 4.98. The summed E-state index contributed by atoms with van der Waals surface area (Å²) in [6.07, 6.45) is 1.81. The summed E-state index contributed by atoms with van der Waals surface area (Å²) in [6, 6.07) is 19.4. The molecular formula is C26H23BrN2O5. The third-order valence-corrected chi connectivity index (χ3v) is 6.00. The second-order valence-corrected chi connectivity index (χ2v) is 8.61. The number of hydrogen-bond donors (Lipinski definition) is 2. The summed E-state index contributed by atoms with van der Waals surface area (Å²) in [4.78, 5) is 24.2. The first-order chi connectivity index (χ1) is 16.4. The number of nitrogens with zero attached hydrogens (tertiary/aromatic N) is 1. The van der Waals surface area contributed by atoms with Gasteiger partial charge >= 0.3 is 5.97 Å². The predicted molar refractivity (Wildman–Crippen MR) is 133 cm³/mol.